The Kier molecular flexibility index (Phi) is 4.99. The predicted octanol–water partition coefficient (Wildman–Crippen LogP) is 3.40. The van der Waals surface area contributed by atoms with Gasteiger partial charge in [0.15, 0.2) is 0 Å². The molecule has 0 aromatic heterocycles. The van der Waals surface area contributed by atoms with Gasteiger partial charge >= 0.3 is 0 Å². The van der Waals surface area contributed by atoms with Gasteiger partial charge in [0.2, 0.25) is 0 Å². The lowest BCUT2D eigenvalue weighted by Crippen LogP contribution is -2.36. The summed E-state index contributed by atoms with van der Waals surface area (Å²) in [5.74, 6) is 0.905. The molecule has 0 aliphatic rings. The van der Waals surface area contributed by atoms with Crippen LogP contribution in [0.2, 0.25) is 0 Å². The van der Waals surface area contributed by atoms with Gasteiger partial charge in [-0.25, -0.2) is 0 Å². The molecule has 21 heavy (non-hydrogen) atoms. The fourth-order valence-electron chi connectivity index (χ4n) is 2.31. The summed E-state index contributed by atoms with van der Waals surface area (Å²) in [6, 6.07) is 17.4. The lowest BCUT2D eigenvalue weighted by atomic mass is 10.0. The molecule has 1 unspecified atom stereocenters. The molecule has 1 atom stereocenters. The molecule has 0 aliphatic carbocycles. The summed E-state index contributed by atoms with van der Waals surface area (Å²) in [7, 11) is 3.51. The van der Waals surface area contributed by atoms with Crippen molar-refractivity contribution in [1.82, 2.24) is 4.90 Å². The highest BCUT2D eigenvalue weighted by molar-refractivity contribution is 5.94. The van der Waals surface area contributed by atoms with Gasteiger partial charge < -0.3 is 9.64 Å². The Balaban J connectivity index is 2.09. The molecule has 0 radical (unpaired) electrons. The first-order valence-electron chi connectivity index (χ1n) is 7.07. The highest BCUT2D eigenvalue weighted by Gasteiger charge is 2.18. The number of benzene rings is 2. The molecule has 110 valence electrons. The molecule has 0 saturated heterocycles. The molecule has 0 N–H and O–H groups in total. The number of nitrogens with zero attached hydrogens (tertiary/aromatic N) is 1. The number of likely N-dealkylation sites (N-methyl/N-ethyl adjacent to an activating group) is 1. The number of carbonyl (C=O) groups is 1. The van der Waals surface area contributed by atoms with Crippen LogP contribution in [0.3, 0.4) is 0 Å². The minimum Gasteiger partial charge on any atom is -0.496 e. The molecule has 0 fully saturated rings. The van der Waals surface area contributed by atoms with Crippen molar-refractivity contribution in [2.75, 3.05) is 14.2 Å². The average Bonchev–Trinajstić information content (AvgIpc) is 2.54. The van der Waals surface area contributed by atoms with Crippen LogP contribution < -0.4 is 4.74 Å². The van der Waals surface area contributed by atoms with Crippen molar-refractivity contribution >= 4 is 5.91 Å². The highest BCUT2D eigenvalue weighted by atomic mass is 16.5. The van der Waals surface area contributed by atoms with E-state index in [9.17, 15) is 4.79 Å². The van der Waals surface area contributed by atoms with Crippen LogP contribution in [0.15, 0.2) is 54.6 Å². The van der Waals surface area contributed by atoms with E-state index in [0.717, 1.165) is 17.7 Å². The molecule has 0 spiro atoms. The van der Waals surface area contributed by atoms with Crippen LogP contribution in [-0.4, -0.2) is 31.0 Å². The molecule has 3 nitrogen and oxygen atoms in total. The number of hydrogen-bond donors (Lipinski definition) is 0. The fourth-order valence-corrected chi connectivity index (χ4v) is 2.31. The molecule has 3 heteroatoms. The van der Waals surface area contributed by atoms with Gasteiger partial charge in [0.05, 0.1) is 7.11 Å². The zero-order valence-electron chi connectivity index (χ0n) is 12.7. The van der Waals surface area contributed by atoms with Crippen molar-refractivity contribution in [3.63, 3.8) is 0 Å². The van der Waals surface area contributed by atoms with Crippen molar-refractivity contribution in [1.29, 1.82) is 0 Å². The van der Waals surface area contributed by atoms with Gasteiger partial charge in [-0.3, -0.25) is 4.79 Å². The third kappa shape index (κ3) is 3.63. The molecule has 2 rings (SSSR count). The van der Waals surface area contributed by atoms with Crippen LogP contribution in [0.25, 0.3) is 0 Å². The highest BCUT2D eigenvalue weighted by Crippen LogP contribution is 2.20. The molecule has 2 aromatic carbocycles. The monoisotopic (exact) mass is 283 g/mol. The maximum Gasteiger partial charge on any atom is 0.253 e. The van der Waals surface area contributed by atoms with E-state index in [-0.39, 0.29) is 11.9 Å². The first kappa shape index (κ1) is 15.1. The first-order chi connectivity index (χ1) is 10.1. The Morgan fingerprint density at radius 1 is 1.10 bits per heavy atom. The second-order valence-electron chi connectivity index (χ2n) is 5.15. The summed E-state index contributed by atoms with van der Waals surface area (Å²) in [6.07, 6.45) is 0.763. The maximum atomic E-state index is 12.4. The fraction of sp³-hybridized carbons (Fsp3) is 0.278. The number of hydrogen-bond acceptors (Lipinski definition) is 2. The molecular weight excluding hydrogens is 262 g/mol. The number of carbonyl (C=O) groups excluding carboxylic acids is 1. The van der Waals surface area contributed by atoms with E-state index >= 15 is 0 Å². The Hall–Kier alpha value is -2.29. The topological polar surface area (TPSA) is 29.5 Å². The molecule has 0 saturated carbocycles. The van der Waals surface area contributed by atoms with Gasteiger partial charge in [0, 0.05) is 18.7 Å². The van der Waals surface area contributed by atoms with E-state index in [1.54, 1.807) is 12.0 Å². The zero-order chi connectivity index (χ0) is 15.2. The second-order valence-corrected chi connectivity index (χ2v) is 5.15. The van der Waals surface area contributed by atoms with Crippen molar-refractivity contribution in [2.45, 2.75) is 19.4 Å². The largest absolute Gasteiger partial charge is 0.496 e. The third-order valence-corrected chi connectivity index (χ3v) is 3.71. The van der Waals surface area contributed by atoms with E-state index in [2.05, 4.69) is 0 Å². The van der Waals surface area contributed by atoms with E-state index in [4.69, 9.17) is 4.74 Å². The molecule has 0 bridgehead atoms. The van der Waals surface area contributed by atoms with Crippen LogP contribution in [-0.2, 0) is 6.42 Å². The number of rotatable bonds is 5. The van der Waals surface area contributed by atoms with Crippen molar-refractivity contribution in [2.24, 2.45) is 0 Å². The van der Waals surface area contributed by atoms with E-state index in [1.165, 1.54) is 0 Å². The van der Waals surface area contributed by atoms with Crippen molar-refractivity contribution in [3.8, 4) is 5.75 Å². The Labute approximate surface area is 126 Å². The van der Waals surface area contributed by atoms with Crippen LogP contribution in [0.5, 0.6) is 5.75 Å². The van der Waals surface area contributed by atoms with Gasteiger partial charge in [-0.2, -0.15) is 0 Å². The molecule has 0 aliphatic heterocycles. The summed E-state index contributed by atoms with van der Waals surface area (Å²) in [6.45, 7) is 2.05. The number of ether oxygens (including phenoxy) is 1. The smallest absolute Gasteiger partial charge is 0.253 e. The van der Waals surface area contributed by atoms with E-state index in [1.807, 2.05) is 68.6 Å². The average molecular weight is 283 g/mol. The Bertz CT molecular complexity index is 595. The summed E-state index contributed by atoms with van der Waals surface area (Å²) in [4.78, 5) is 14.2. The van der Waals surface area contributed by atoms with Gasteiger partial charge in [-0.15, -0.1) is 0 Å². The minimum absolute atomic E-state index is 0.0398. The van der Waals surface area contributed by atoms with E-state index < -0.39 is 0 Å². The Morgan fingerprint density at radius 3 is 2.38 bits per heavy atom. The second kappa shape index (κ2) is 6.93. The van der Waals surface area contributed by atoms with Crippen LogP contribution in [0, 0.1) is 0 Å². The normalized spacial score (nSPS) is 11.8. The van der Waals surface area contributed by atoms with Gasteiger partial charge in [0.25, 0.3) is 5.91 Å². The summed E-state index contributed by atoms with van der Waals surface area (Å²) in [5, 5.41) is 0. The summed E-state index contributed by atoms with van der Waals surface area (Å²) < 4.78 is 5.37. The lowest BCUT2D eigenvalue weighted by molar-refractivity contribution is 0.0743. The third-order valence-electron chi connectivity index (χ3n) is 3.71. The van der Waals surface area contributed by atoms with E-state index in [0.29, 0.717) is 5.56 Å². The molecular formula is C18H21NO2. The van der Waals surface area contributed by atoms with Crippen molar-refractivity contribution < 1.29 is 9.53 Å². The van der Waals surface area contributed by atoms with Gasteiger partial charge in [-0.1, -0.05) is 36.4 Å². The molecule has 0 heterocycles. The SMILES string of the molecule is COc1ccccc1CC(C)N(C)C(=O)c1ccccc1. The standard InChI is InChI=1S/C18H21NO2/c1-14(13-16-11-7-8-12-17(16)21-3)19(2)18(20)15-9-5-4-6-10-15/h4-12,14H,13H2,1-3H3. The summed E-state index contributed by atoms with van der Waals surface area (Å²) in [5.41, 5.74) is 1.83. The van der Waals surface area contributed by atoms with Crippen LogP contribution >= 0.6 is 0 Å². The molecule has 1 amide bonds. The Morgan fingerprint density at radius 2 is 1.71 bits per heavy atom. The number of amides is 1. The zero-order valence-corrected chi connectivity index (χ0v) is 12.7. The predicted molar refractivity (Wildman–Crippen MR) is 84.7 cm³/mol. The minimum atomic E-state index is 0.0398. The van der Waals surface area contributed by atoms with Crippen molar-refractivity contribution in [3.05, 3.63) is 65.7 Å². The quantitative estimate of drug-likeness (QED) is 0.841. The molecule has 2 aromatic rings. The lowest BCUT2D eigenvalue weighted by Gasteiger charge is -2.25. The number of methoxy groups -OCH3 is 1. The number of para-hydroxylation sites is 1. The first-order valence-corrected chi connectivity index (χ1v) is 7.07. The summed E-state index contributed by atoms with van der Waals surface area (Å²) >= 11 is 0. The van der Waals surface area contributed by atoms with Gasteiger partial charge in [-0.05, 0) is 37.1 Å². The van der Waals surface area contributed by atoms with Crippen LogP contribution in [0.4, 0.5) is 0 Å². The van der Waals surface area contributed by atoms with Crippen LogP contribution in [0.1, 0.15) is 22.8 Å². The van der Waals surface area contributed by atoms with Gasteiger partial charge in [0.1, 0.15) is 5.75 Å². The maximum absolute atomic E-state index is 12.4.